The molecular formula is C16H12BrN3O. The van der Waals surface area contributed by atoms with E-state index in [1.165, 1.54) is 0 Å². The van der Waals surface area contributed by atoms with Crippen molar-refractivity contribution in [1.82, 2.24) is 4.98 Å². The zero-order valence-electron chi connectivity index (χ0n) is 11.0. The van der Waals surface area contributed by atoms with Gasteiger partial charge in [-0.15, -0.1) is 0 Å². The first-order chi connectivity index (χ1) is 10.1. The molecule has 0 aliphatic heterocycles. The number of carbonyl (C=O) groups is 1. The van der Waals surface area contributed by atoms with Crippen LogP contribution in [-0.2, 0) is 0 Å². The van der Waals surface area contributed by atoms with Crippen molar-refractivity contribution in [1.29, 1.82) is 0 Å². The summed E-state index contributed by atoms with van der Waals surface area (Å²) in [7, 11) is 0. The van der Waals surface area contributed by atoms with Crippen LogP contribution in [0, 0.1) is 0 Å². The van der Waals surface area contributed by atoms with Crippen molar-refractivity contribution in [2.75, 3.05) is 11.1 Å². The third-order valence-electron chi connectivity index (χ3n) is 3.14. The summed E-state index contributed by atoms with van der Waals surface area (Å²) in [5.74, 6) is -0.200. The minimum absolute atomic E-state index is 0.200. The van der Waals surface area contributed by atoms with E-state index in [4.69, 9.17) is 5.73 Å². The number of aromatic nitrogens is 1. The summed E-state index contributed by atoms with van der Waals surface area (Å²) in [4.78, 5) is 16.6. The van der Waals surface area contributed by atoms with Crippen LogP contribution in [0.4, 0.5) is 11.4 Å². The number of fused-ring (bicyclic) bond motifs is 1. The van der Waals surface area contributed by atoms with Gasteiger partial charge in [-0.3, -0.25) is 9.78 Å². The van der Waals surface area contributed by atoms with Gasteiger partial charge in [0.2, 0.25) is 0 Å². The molecule has 0 saturated heterocycles. The molecule has 0 bridgehead atoms. The second-order valence-corrected chi connectivity index (χ2v) is 5.43. The summed E-state index contributed by atoms with van der Waals surface area (Å²) in [6.07, 6.45) is 1.71. The molecule has 3 rings (SSSR count). The molecule has 1 amide bonds. The summed E-state index contributed by atoms with van der Waals surface area (Å²) in [5.41, 5.74) is 8.31. The van der Waals surface area contributed by atoms with Crippen molar-refractivity contribution in [2.24, 2.45) is 0 Å². The second kappa shape index (κ2) is 5.54. The van der Waals surface area contributed by atoms with E-state index in [0.717, 1.165) is 10.9 Å². The number of anilines is 2. The monoisotopic (exact) mass is 341 g/mol. The average molecular weight is 342 g/mol. The Kier molecular flexibility index (Phi) is 3.58. The van der Waals surface area contributed by atoms with Crippen molar-refractivity contribution in [3.63, 3.8) is 0 Å². The summed E-state index contributed by atoms with van der Waals surface area (Å²) in [5, 5.41) is 3.87. The summed E-state index contributed by atoms with van der Waals surface area (Å²) < 4.78 is 0.700. The first-order valence-corrected chi connectivity index (χ1v) is 7.14. The molecule has 0 saturated carbocycles. The lowest BCUT2D eigenvalue weighted by molar-refractivity contribution is 0.102. The van der Waals surface area contributed by atoms with Crippen LogP contribution >= 0.6 is 15.9 Å². The van der Waals surface area contributed by atoms with Gasteiger partial charge in [-0.1, -0.05) is 18.2 Å². The van der Waals surface area contributed by atoms with Gasteiger partial charge in [-0.2, -0.15) is 0 Å². The number of carbonyl (C=O) groups excluding carboxylic acids is 1. The second-order valence-electron chi connectivity index (χ2n) is 4.57. The Labute approximate surface area is 130 Å². The van der Waals surface area contributed by atoms with Crippen molar-refractivity contribution >= 4 is 44.1 Å². The van der Waals surface area contributed by atoms with Crippen LogP contribution in [0.25, 0.3) is 10.9 Å². The number of nitrogen functional groups attached to an aromatic ring is 1. The fraction of sp³-hybridized carbons (Fsp3) is 0. The van der Waals surface area contributed by atoms with Crippen molar-refractivity contribution in [3.8, 4) is 0 Å². The molecule has 1 aromatic heterocycles. The molecule has 0 unspecified atom stereocenters. The highest BCUT2D eigenvalue weighted by molar-refractivity contribution is 9.10. The number of pyridine rings is 1. The third-order valence-corrected chi connectivity index (χ3v) is 3.83. The Bertz CT molecular complexity index is 827. The van der Waals surface area contributed by atoms with Crippen LogP contribution < -0.4 is 11.1 Å². The molecule has 0 spiro atoms. The van der Waals surface area contributed by atoms with Crippen LogP contribution in [0.5, 0.6) is 0 Å². The van der Waals surface area contributed by atoms with Crippen LogP contribution in [0.15, 0.2) is 59.2 Å². The number of rotatable bonds is 2. The van der Waals surface area contributed by atoms with Crippen LogP contribution in [0.1, 0.15) is 10.4 Å². The maximum absolute atomic E-state index is 12.3. The molecule has 21 heavy (non-hydrogen) atoms. The van der Waals surface area contributed by atoms with Gasteiger partial charge in [0.05, 0.1) is 11.2 Å². The lowest BCUT2D eigenvalue weighted by Gasteiger charge is -2.08. The fourth-order valence-electron chi connectivity index (χ4n) is 2.07. The molecule has 0 atom stereocenters. The molecule has 3 aromatic rings. The highest BCUT2D eigenvalue weighted by atomic mass is 79.9. The number of nitrogens with zero attached hydrogens (tertiary/aromatic N) is 1. The molecule has 0 radical (unpaired) electrons. The molecular weight excluding hydrogens is 330 g/mol. The fourth-order valence-corrected chi connectivity index (χ4v) is 2.45. The number of nitrogens with two attached hydrogens (primary N) is 1. The molecule has 1 heterocycles. The highest BCUT2D eigenvalue weighted by Gasteiger charge is 2.10. The Morgan fingerprint density at radius 1 is 1.14 bits per heavy atom. The first kappa shape index (κ1) is 13.6. The Morgan fingerprint density at radius 3 is 2.76 bits per heavy atom. The SMILES string of the molecule is Nc1ccc(C(=O)Nc2cccc3cccnc23)cc1Br. The quantitative estimate of drug-likeness (QED) is 0.696. The van der Waals surface area contributed by atoms with Gasteiger partial charge in [0, 0.05) is 27.3 Å². The van der Waals surface area contributed by atoms with E-state index < -0.39 is 0 Å². The van der Waals surface area contributed by atoms with Gasteiger partial charge in [0.15, 0.2) is 0 Å². The van der Waals surface area contributed by atoms with Crippen LogP contribution in [0.2, 0.25) is 0 Å². The minimum Gasteiger partial charge on any atom is -0.398 e. The molecule has 2 aromatic carbocycles. The standard InChI is InChI=1S/C16H12BrN3O/c17-12-9-11(6-7-13(12)18)16(21)20-14-5-1-3-10-4-2-8-19-15(10)14/h1-9H,18H2,(H,20,21). The highest BCUT2D eigenvalue weighted by Crippen LogP contribution is 2.23. The summed E-state index contributed by atoms with van der Waals surface area (Å²) in [6, 6.07) is 14.6. The van der Waals surface area contributed by atoms with E-state index in [9.17, 15) is 4.79 Å². The molecule has 0 aliphatic carbocycles. The lowest BCUT2D eigenvalue weighted by Crippen LogP contribution is -2.12. The van der Waals surface area contributed by atoms with Gasteiger partial charge < -0.3 is 11.1 Å². The molecule has 4 nitrogen and oxygen atoms in total. The molecule has 104 valence electrons. The maximum atomic E-state index is 12.3. The summed E-state index contributed by atoms with van der Waals surface area (Å²) >= 11 is 3.32. The molecule has 0 aliphatic rings. The van der Waals surface area contributed by atoms with Crippen LogP contribution in [0.3, 0.4) is 0 Å². The van der Waals surface area contributed by atoms with E-state index in [-0.39, 0.29) is 5.91 Å². The number of hydrogen-bond acceptors (Lipinski definition) is 3. The third kappa shape index (κ3) is 2.73. The van der Waals surface area contributed by atoms with E-state index in [1.54, 1.807) is 24.4 Å². The number of hydrogen-bond donors (Lipinski definition) is 2. The number of halogens is 1. The normalized spacial score (nSPS) is 10.5. The van der Waals surface area contributed by atoms with E-state index in [0.29, 0.717) is 21.4 Å². The van der Waals surface area contributed by atoms with E-state index in [2.05, 4.69) is 26.2 Å². The predicted octanol–water partition coefficient (Wildman–Crippen LogP) is 3.83. The Hall–Kier alpha value is -2.40. The average Bonchev–Trinajstić information content (AvgIpc) is 2.50. The van der Waals surface area contributed by atoms with Gasteiger partial charge in [-0.05, 0) is 46.3 Å². The molecule has 0 fully saturated rings. The minimum atomic E-state index is -0.200. The van der Waals surface area contributed by atoms with E-state index >= 15 is 0 Å². The van der Waals surface area contributed by atoms with Gasteiger partial charge in [0.25, 0.3) is 5.91 Å². The number of benzene rings is 2. The van der Waals surface area contributed by atoms with Crippen molar-refractivity contribution in [2.45, 2.75) is 0 Å². The van der Waals surface area contributed by atoms with Gasteiger partial charge in [0.1, 0.15) is 0 Å². The molecule has 5 heteroatoms. The first-order valence-electron chi connectivity index (χ1n) is 6.35. The number of amides is 1. The zero-order valence-corrected chi connectivity index (χ0v) is 12.6. The maximum Gasteiger partial charge on any atom is 0.255 e. The topological polar surface area (TPSA) is 68.0 Å². The number of para-hydroxylation sites is 1. The summed E-state index contributed by atoms with van der Waals surface area (Å²) in [6.45, 7) is 0. The Morgan fingerprint density at radius 2 is 1.95 bits per heavy atom. The van der Waals surface area contributed by atoms with Crippen molar-refractivity contribution < 1.29 is 4.79 Å². The smallest absolute Gasteiger partial charge is 0.255 e. The molecule has 3 N–H and O–H groups in total. The van der Waals surface area contributed by atoms with Gasteiger partial charge >= 0.3 is 0 Å². The Balaban J connectivity index is 1.94. The zero-order chi connectivity index (χ0) is 14.8. The predicted molar refractivity (Wildman–Crippen MR) is 88.3 cm³/mol. The lowest BCUT2D eigenvalue weighted by atomic mass is 10.1. The van der Waals surface area contributed by atoms with Crippen LogP contribution in [-0.4, -0.2) is 10.9 Å². The number of nitrogens with one attached hydrogen (secondary N) is 1. The van der Waals surface area contributed by atoms with Gasteiger partial charge in [-0.25, -0.2) is 0 Å². The van der Waals surface area contributed by atoms with E-state index in [1.807, 2.05) is 30.3 Å². The van der Waals surface area contributed by atoms with Crippen molar-refractivity contribution in [3.05, 3.63) is 64.8 Å². The largest absolute Gasteiger partial charge is 0.398 e.